The van der Waals surface area contributed by atoms with E-state index in [2.05, 4.69) is 86.4 Å². The summed E-state index contributed by atoms with van der Waals surface area (Å²) in [7, 11) is -5.20. The molecule has 0 unspecified atom stereocenters. The van der Waals surface area contributed by atoms with E-state index in [1.165, 1.54) is 37.7 Å². The van der Waals surface area contributed by atoms with Crippen molar-refractivity contribution in [3.05, 3.63) is 40.6 Å². The largest absolute Gasteiger partial charge is 0.501 e. The molecule has 1 fully saturated rings. The van der Waals surface area contributed by atoms with E-state index in [0.717, 1.165) is 5.02 Å². The lowest BCUT2D eigenvalue weighted by molar-refractivity contribution is 0.425. The van der Waals surface area contributed by atoms with Crippen LogP contribution in [-0.4, -0.2) is 24.8 Å². The molecule has 0 aromatic heterocycles. The Morgan fingerprint density at radius 2 is 1.55 bits per heavy atom. The molecule has 1 saturated carbocycles. The smallest absolute Gasteiger partial charge is 0.255 e. The highest BCUT2D eigenvalue weighted by atomic mass is 35.5. The maximum absolute atomic E-state index is 6.02. The Morgan fingerprint density at radius 3 is 2.10 bits per heavy atom. The maximum Gasteiger partial charge on any atom is 0.255 e. The van der Waals surface area contributed by atoms with Crippen LogP contribution < -0.4 is 4.65 Å². The molecule has 1 aromatic carbocycles. The predicted octanol–water partition coefficient (Wildman–Crippen LogP) is 7.41. The van der Waals surface area contributed by atoms with Gasteiger partial charge in [-0.3, -0.25) is 0 Å². The third kappa shape index (κ3) is 7.45. The number of hydrogen-bond donors (Lipinski definition) is 1. The van der Waals surface area contributed by atoms with Gasteiger partial charge < -0.3 is 9.07 Å². The van der Waals surface area contributed by atoms with Gasteiger partial charge in [0.25, 0.3) is 8.32 Å². The van der Waals surface area contributed by atoms with Gasteiger partial charge in [-0.2, -0.15) is 0 Å². The molecule has 160 valence electrons. The molecule has 6 heteroatoms. The van der Waals surface area contributed by atoms with Crippen LogP contribution in [0.25, 0.3) is 6.08 Å². The van der Waals surface area contributed by atoms with Crippen LogP contribution in [0.5, 0.6) is 0 Å². The zero-order valence-corrected chi connectivity index (χ0v) is 23.0. The summed E-state index contributed by atoms with van der Waals surface area (Å²) < 4.78 is 10.1. The van der Waals surface area contributed by atoms with E-state index in [4.69, 9.17) is 16.0 Å². The number of halogens is 1. The highest BCUT2D eigenvalue weighted by Gasteiger charge is 2.48. The standard InChI is InChI=1S/C23H38ClNOSi3/c1-27(2,3)26-19-18-23(16-9-8-10-17-23)29(6,7)25-28(4,5)20-15-21-11-13-22(24)14-12-21/h11-15,20,25H,8-10,16-17H2,1-7H3/b20-15+. The van der Waals surface area contributed by atoms with E-state index >= 15 is 0 Å². The molecule has 0 heterocycles. The van der Waals surface area contributed by atoms with Gasteiger partial charge in [0.15, 0.2) is 0 Å². The van der Waals surface area contributed by atoms with Gasteiger partial charge in [0.2, 0.25) is 0 Å². The zero-order valence-electron chi connectivity index (χ0n) is 19.3. The molecule has 0 saturated heterocycles. The summed E-state index contributed by atoms with van der Waals surface area (Å²) in [6.45, 7) is 16.4. The molecule has 2 rings (SSSR count). The Hall–Kier alpha value is -0.779. The normalized spacial score (nSPS) is 17.7. The fraction of sp³-hybridized carbons (Fsp3) is 0.565. The molecule has 0 spiro atoms. The molecule has 0 bridgehead atoms. The molecule has 0 atom stereocenters. The second-order valence-electron chi connectivity index (χ2n) is 10.4. The minimum Gasteiger partial charge on any atom is -0.501 e. The molecule has 2 nitrogen and oxygen atoms in total. The summed E-state index contributed by atoms with van der Waals surface area (Å²) in [5.41, 5.74) is 3.61. The average molecular weight is 464 g/mol. The quantitative estimate of drug-likeness (QED) is 0.350. The number of benzene rings is 1. The second kappa shape index (κ2) is 9.57. The molecule has 0 radical (unpaired) electrons. The SMILES string of the molecule is C[Si](C)(/C=C/c1ccc(Cl)cc1)N[Si](C)(C)C1(C#CO[Si](C)(C)C)CCCCC1. The van der Waals surface area contributed by atoms with Gasteiger partial charge in [-0.25, -0.2) is 0 Å². The first-order valence-electron chi connectivity index (χ1n) is 10.8. The van der Waals surface area contributed by atoms with Crippen LogP contribution in [0, 0.1) is 12.0 Å². The number of nitrogens with one attached hydrogen (secondary N) is 1. The highest BCUT2D eigenvalue weighted by molar-refractivity contribution is 6.95. The van der Waals surface area contributed by atoms with E-state index in [-0.39, 0.29) is 5.04 Å². The Labute approximate surface area is 186 Å². The molecule has 29 heavy (non-hydrogen) atoms. The van der Waals surface area contributed by atoms with Gasteiger partial charge in [-0.05, 0) is 50.2 Å². The first kappa shape index (κ1) is 24.5. The average Bonchev–Trinajstić information content (AvgIpc) is 2.60. The molecule has 1 aliphatic rings. The van der Waals surface area contributed by atoms with Crippen LogP contribution in [0.4, 0.5) is 0 Å². The summed E-state index contributed by atoms with van der Waals surface area (Å²) in [4.78, 5) is 0. The van der Waals surface area contributed by atoms with E-state index in [0.29, 0.717) is 0 Å². The molecule has 1 aliphatic carbocycles. The van der Waals surface area contributed by atoms with Crippen molar-refractivity contribution in [2.24, 2.45) is 0 Å². The lowest BCUT2D eigenvalue weighted by atomic mass is 9.89. The molecule has 0 amide bonds. The third-order valence-electron chi connectivity index (χ3n) is 5.75. The number of hydrogen-bond acceptors (Lipinski definition) is 2. The minimum atomic E-state index is -1.83. The Kier molecular flexibility index (Phi) is 8.08. The second-order valence-corrected chi connectivity index (χ2v) is 24.3. The van der Waals surface area contributed by atoms with Crippen molar-refractivity contribution in [3.8, 4) is 12.0 Å². The zero-order chi connectivity index (χ0) is 21.8. The maximum atomic E-state index is 6.02. The van der Waals surface area contributed by atoms with Crippen molar-refractivity contribution in [2.75, 3.05) is 0 Å². The van der Waals surface area contributed by atoms with Crippen molar-refractivity contribution in [1.29, 1.82) is 0 Å². The molecule has 0 aliphatic heterocycles. The van der Waals surface area contributed by atoms with E-state index in [1.807, 2.05) is 12.1 Å². The van der Waals surface area contributed by atoms with Crippen molar-refractivity contribution >= 4 is 42.5 Å². The summed E-state index contributed by atoms with van der Waals surface area (Å²) >= 11 is 6.02. The van der Waals surface area contributed by atoms with Gasteiger partial charge in [0, 0.05) is 10.1 Å². The first-order valence-corrected chi connectivity index (χ1v) is 20.6. The van der Waals surface area contributed by atoms with Crippen LogP contribution in [-0.2, 0) is 4.43 Å². The van der Waals surface area contributed by atoms with E-state index in [9.17, 15) is 0 Å². The Bertz CT molecular complexity index is 764. The van der Waals surface area contributed by atoms with E-state index < -0.39 is 24.8 Å². The summed E-state index contributed by atoms with van der Waals surface area (Å²) in [5.74, 6) is 3.68. The fourth-order valence-corrected chi connectivity index (χ4v) is 15.0. The van der Waals surface area contributed by atoms with Crippen LogP contribution in [0.15, 0.2) is 30.0 Å². The van der Waals surface area contributed by atoms with Crippen molar-refractivity contribution < 1.29 is 4.43 Å². The van der Waals surface area contributed by atoms with Gasteiger partial charge >= 0.3 is 0 Å². The van der Waals surface area contributed by atoms with Crippen LogP contribution >= 0.6 is 11.6 Å². The minimum absolute atomic E-state index is 0.100. The van der Waals surface area contributed by atoms with Crippen molar-refractivity contribution in [2.45, 2.75) is 83.0 Å². The van der Waals surface area contributed by atoms with Gasteiger partial charge in [-0.15, -0.1) is 0 Å². The lowest BCUT2D eigenvalue weighted by Crippen LogP contribution is -2.64. The predicted molar refractivity (Wildman–Crippen MR) is 137 cm³/mol. The lowest BCUT2D eigenvalue weighted by Gasteiger charge is -2.47. The molecule has 1 N–H and O–H groups in total. The molecule has 1 aromatic rings. The molecular formula is C23H38ClNOSi3. The highest BCUT2D eigenvalue weighted by Crippen LogP contribution is 2.49. The first-order chi connectivity index (χ1) is 13.3. The van der Waals surface area contributed by atoms with Crippen LogP contribution in [0.2, 0.25) is 55.9 Å². The van der Waals surface area contributed by atoms with E-state index in [1.54, 1.807) is 0 Å². The Balaban J connectivity index is 2.22. The monoisotopic (exact) mass is 463 g/mol. The van der Waals surface area contributed by atoms with Gasteiger partial charge in [0.1, 0.15) is 16.5 Å². The van der Waals surface area contributed by atoms with Gasteiger partial charge in [0.05, 0.1) is 6.11 Å². The van der Waals surface area contributed by atoms with Crippen LogP contribution in [0.1, 0.15) is 37.7 Å². The summed E-state index contributed by atoms with van der Waals surface area (Å²) in [6.07, 6.45) is 11.7. The van der Waals surface area contributed by atoms with Crippen LogP contribution in [0.3, 0.4) is 0 Å². The number of rotatable bonds is 6. The summed E-state index contributed by atoms with van der Waals surface area (Å²) in [6, 6.07) is 8.06. The molecular weight excluding hydrogens is 426 g/mol. The topological polar surface area (TPSA) is 21.3 Å². The van der Waals surface area contributed by atoms with Crippen molar-refractivity contribution in [1.82, 2.24) is 4.65 Å². The Morgan fingerprint density at radius 1 is 0.966 bits per heavy atom. The van der Waals surface area contributed by atoms with Gasteiger partial charge in [-0.1, -0.05) is 86.9 Å². The fourth-order valence-electron chi connectivity index (χ4n) is 4.18. The van der Waals surface area contributed by atoms with Crippen molar-refractivity contribution in [3.63, 3.8) is 0 Å². The summed E-state index contributed by atoms with van der Waals surface area (Å²) in [5, 5.41) is 0.882. The third-order valence-corrected chi connectivity index (χ3v) is 15.8.